The van der Waals surface area contributed by atoms with Crippen LogP contribution in [0.25, 0.3) is 10.8 Å². The van der Waals surface area contributed by atoms with E-state index in [4.69, 9.17) is 0 Å². The first-order chi connectivity index (χ1) is 12.6. The zero-order valence-corrected chi connectivity index (χ0v) is 14.6. The number of hydrogen-bond donors (Lipinski definition) is 1. The molecule has 2 amide bonds. The lowest BCUT2D eigenvalue weighted by Gasteiger charge is -2.19. The molecule has 0 bridgehead atoms. The van der Waals surface area contributed by atoms with Gasteiger partial charge in [0.25, 0.3) is 0 Å². The van der Waals surface area contributed by atoms with Crippen LogP contribution in [0.15, 0.2) is 66.7 Å². The summed E-state index contributed by atoms with van der Waals surface area (Å²) < 4.78 is 0. The standard InChI is InChI=1S/C22H20N2O2/c1-15-7-2-5-11-19(15)23-22(26)17-13-21(25)24(14-17)20-12-6-9-16-8-3-4-10-18(16)20/h2-12,17H,13-14H2,1H3,(H,23,26). The first kappa shape index (κ1) is 16.3. The maximum absolute atomic E-state index is 12.7. The van der Waals surface area contributed by atoms with E-state index in [1.54, 1.807) is 4.90 Å². The summed E-state index contributed by atoms with van der Waals surface area (Å²) in [4.78, 5) is 27.0. The highest BCUT2D eigenvalue weighted by Crippen LogP contribution is 2.32. The second kappa shape index (κ2) is 6.64. The van der Waals surface area contributed by atoms with Crippen molar-refractivity contribution in [3.63, 3.8) is 0 Å². The molecular weight excluding hydrogens is 324 g/mol. The summed E-state index contributed by atoms with van der Waals surface area (Å²) in [5.74, 6) is -0.456. The van der Waals surface area contributed by atoms with E-state index in [2.05, 4.69) is 5.32 Å². The lowest BCUT2D eigenvalue weighted by Crippen LogP contribution is -2.28. The second-order valence-corrected chi connectivity index (χ2v) is 6.71. The largest absolute Gasteiger partial charge is 0.326 e. The van der Waals surface area contributed by atoms with Gasteiger partial charge in [-0.05, 0) is 30.0 Å². The average Bonchev–Trinajstić information content (AvgIpc) is 3.05. The molecule has 1 N–H and O–H groups in total. The van der Waals surface area contributed by atoms with E-state index in [1.807, 2.05) is 73.7 Å². The Bertz CT molecular complexity index is 991. The van der Waals surface area contributed by atoms with Gasteiger partial charge in [-0.2, -0.15) is 0 Å². The van der Waals surface area contributed by atoms with Crippen molar-refractivity contribution < 1.29 is 9.59 Å². The molecule has 1 fully saturated rings. The van der Waals surface area contributed by atoms with Gasteiger partial charge in [0.2, 0.25) is 11.8 Å². The molecule has 130 valence electrons. The maximum atomic E-state index is 12.7. The van der Waals surface area contributed by atoms with Crippen LogP contribution in [0.3, 0.4) is 0 Å². The fourth-order valence-electron chi connectivity index (χ4n) is 3.51. The van der Waals surface area contributed by atoms with E-state index in [9.17, 15) is 9.59 Å². The summed E-state index contributed by atoms with van der Waals surface area (Å²) in [5.41, 5.74) is 2.68. The van der Waals surface area contributed by atoms with Crippen molar-refractivity contribution in [3.8, 4) is 0 Å². The quantitative estimate of drug-likeness (QED) is 0.776. The number of amides is 2. The number of anilines is 2. The second-order valence-electron chi connectivity index (χ2n) is 6.71. The van der Waals surface area contributed by atoms with Crippen LogP contribution >= 0.6 is 0 Å². The molecule has 4 heteroatoms. The first-order valence-electron chi connectivity index (χ1n) is 8.78. The Morgan fingerprint density at radius 1 is 1.00 bits per heavy atom. The molecule has 0 spiro atoms. The summed E-state index contributed by atoms with van der Waals surface area (Å²) in [6, 6.07) is 21.6. The van der Waals surface area contributed by atoms with Crippen LogP contribution in [-0.2, 0) is 9.59 Å². The number of rotatable bonds is 3. The Morgan fingerprint density at radius 2 is 1.73 bits per heavy atom. The molecule has 1 atom stereocenters. The average molecular weight is 344 g/mol. The zero-order chi connectivity index (χ0) is 18.1. The molecule has 1 aliphatic heterocycles. The minimum Gasteiger partial charge on any atom is -0.326 e. The minimum atomic E-state index is -0.346. The van der Waals surface area contributed by atoms with Crippen LogP contribution in [0.1, 0.15) is 12.0 Å². The fraction of sp³-hybridized carbons (Fsp3) is 0.182. The van der Waals surface area contributed by atoms with Gasteiger partial charge in [0.05, 0.1) is 11.6 Å². The summed E-state index contributed by atoms with van der Waals surface area (Å²) in [5, 5.41) is 5.08. The molecule has 0 aliphatic carbocycles. The normalized spacial score (nSPS) is 16.9. The Morgan fingerprint density at radius 3 is 2.58 bits per heavy atom. The number of hydrogen-bond acceptors (Lipinski definition) is 2. The Labute approximate surface area is 152 Å². The Hall–Kier alpha value is -3.14. The molecule has 3 aromatic rings. The highest BCUT2D eigenvalue weighted by molar-refractivity contribution is 6.08. The highest BCUT2D eigenvalue weighted by Gasteiger charge is 2.35. The smallest absolute Gasteiger partial charge is 0.229 e. The molecule has 3 aromatic carbocycles. The molecule has 0 aromatic heterocycles. The number of nitrogens with zero attached hydrogens (tertiary/aromatic N) is 1. The van der Waals surface area contributed by atoms with E-state index in [1.165, 1.54) is 0 Å². The third-order valence-corrected chi connectivity index (χ3v) is 4.96. The number of fused-ring (bicyclic) bond motifs is 1. The molecule has 4 nitrogen and oxygen atoms in total. The van der Waals surface area contributed by atoms with Gasteiger partial charge in [0, 0.05) is 24.0 Å². The van der Waals surface area contributed by atoms with Gasteiger partial charge in [-0.3, -0.25) is 9.59 Å². The van der Waals surface area contributed by atoms with Crippen molar-refractivity contribution in [3.05, 3.63) is 72.3 Å². The SMILES string of the molecule is Cc1ccccc1NC(=O)C1CC(=O)N(c2cccc3ccccc23)C1. The summed E-state index contributed by atoms with van der Waals surface area (Å²) >= 11 is 0. The molecule has 4 rings (SSSR count). The first-order valence-corrected chi connectivity index (χ1v) is 8.78. The molecule has 1 aliphatic rings. The monoisotopic (exact) mass is 344 g/mol. The number of benzene rings is 3. The summed E-state index contributed by atoms with van der Waals surface area (Å²) in [7, 11) is 0. The van der Waals surface area contributed by atoms with Crippen molar-refractivity contribution in [2.75, 3.05) is 16.8 Å². The zero-order valence-electron chi connectivity index (χ0n) is 14.6. The van der Waals surface area contributed by atoms with Crippen molar-refractivity contribution in [2.45, 2.75) is 13.3 Å². The predicted octanol–water partition coefficient (Wildman–Crippen LogP) is 4.14. The van der Waals surface area contributed by atoms with Crippen molar-refractivity contribution >= 4 is 34.0 Å². The lowest BCUT2D eigenvalue weighted by molar-refractivity contribution is -0.122. The molecule has 1 saturated heterocycles. The third kappa shape index (κ3) is 2.94. The molecule has 1 heterocycles. The van der Waals surface area contributed by atoms with Gasteiger partial charge in [-0.15, -0.1) is 0 Å². The molecular formula is C22H20N2O2. The van der Waals surface area contributed by atoms with Crippen LogP contribution < -0.4 is 10.2 Å². The fourth-order valence-corrected chi connectivity index (χ4v) is 3.51. The number of carbonyl (C=O) groups is 2. The van der Waals surface area contributed by atoms with E-state index in [0.29, 0.717) is 6.54 Å². The van der Waals surface area contributed by atoms with Crippen LogP contribution in [0, 0.1) is 12.8 Å². The Balaban J connectivity index is 1.57. The van der Waals surface area contributed by atoms with E-state index < -0.39 is 0 Å². The van der Waals surface area contributed by atoms with Crippen LogP contribution in [0.2, 0.25) is 0 Å². The number of nitrogens with one attached hydrogen (secondary N) is 1. The number of para-hydroxylation sites is 1. The third-order valence-electron chi connectivity index (χ3n) is 4.96. The van der Waals surface area contributed by atoms with Gasteiger partial charge in [0.15, 0.2) is 0 Å². The molecule has 1 unspecified atom stereocenters. The van der Waals surface area contributed by atoms with E-state index in [0.717, 1.165) is 27.7 Å². The number of carbonyl (C=O) groups excluding carboxylic acids is 2. The van der Waals surface area contributed by atoms with Crippen molar-refractivity contribution in [2.24, 2.45) is 5.92 Å². The predicted molar refractivity (Wildman–Crippen MR) is 104 cm³/mol. The number of aryl methyl sites for hydroxylation is 1. The highest BCUT2D eigenvalue weighted by atomic mass is 16.2. The summed E-state index contributed by atoms with van der Waals surface area (Å²) in [6.45, 7) is 2.36. The lowest BCUT2D eigenvalue weighted by atomic mass is 10.1. The Kier molecular flexibility index (Phi) is 4.17. The summed E-state index contributed by atoms with van der Waals surface area (Å²) in [6.07, 6.45) is 0.237. The molecule has 26 heavy (non-hydrogen) atoms. The van der Waals surface area contributed by atoms with Gasteiger partial charge < -0.3 is 10.2 Å². The minimum absolute atomic E-state index is 0.00807. The maximum Gasteiger partial charge on any atom is 0.229 e. The van der Waals surface area contributed by atoms with E-state index >= 15 is 0 Å². The van der Waals surface area contributed by atoms with E-state index in [-0.39, 0.29) is 24.2 Å². The van der Waals surface area contributed by atoms with Gasteiger partial charge in [0.1, 0.15) is 0 Å². The van der Waals surface area contributed by atoms with Gasteiger partial charge >= 0.3 is 0 Å². The van der Waals surface area contributed by atoms with Crippen molar-refractivity contribution in [1.29, 1.82) is 0 Å². The topological polar surface area (TPSA) is 49.4 Å². The van der Waals surface area contributed by atoms with Gasteiger partial charge in [-0.25, -0.2) is 0 Å². The van der Waals surface area contributed by atoms with Gasteiger partial charge in [-0.1, -0.05) is 54.6 Å². The molecule has 0 saturated carbocycles. The van der Waals surface area contributed by atoms with Crippen LogP contribution in [0.5, 0.6) is 0 Å². The van der Waals surface area contributed by atoms with Crippen LogP contribution in [-0.4, -0.2) is 18.4 Å². The van der Waals surface area contributed by atoms with Crippen molar-refractivity contribution in [1.82, 2.24) is 0 Å². The molecule has 0 radical (unpaired) electrons. The van der Waals surface area contributed by atoms with Crippen LogP contribution in [0.4, 0.5) is 11.4 Å².